The third kappa shape index (κ3) is 4.30. The van der Waals surface area contributed by atoms with Crippen LogP contribution < -0.4 is 10.6 Å². The van der Waals surface area contributed by atoms with Gasteiger partial charge in [0.1, 0.15) is 0 Å². The lowest BCUT2D eigenvalue weighted by Crippen LogP contribution is -2.36. The normalized spacial score (nSPS) is 11.2. The summed E-state index contributed by atoms with van der Waals surface area (Å²) in [6.07, 6.45) is 5.85. The highest BCUT2D eigenvalue weighted by Crippen LogP contribution is 2.23. The van der Waals surface area contributed by atoms with Gasteiger partial charge in [-0.05, 0) is 40.5 Å². The van der Waals surface area contributed by atoms with Crippen molar-refractivity contribution in [3.63, 3.8) is 0 Å². The number of rotatable bonds is 4. The van der Waals surface area contributed by atoms with Gasteiger partial charge in [0.15, 0.2) is 0 Å². The molecule has 19 heavy (non-hydrogen) atoms. The Kier molecular flexibility index (Phi) is 5.39. The van der Waals surface area contributed by atoms with E-state index in [4.69, 9.17) is 11.5 Å². The van der Waals surface area contributed by atoms with Crippen LogP contribution in [-0.4, -0.2) is 23.1 Å². The number of hydrogen-bond donors (Lipinski definition) is 3. The lowest BCUT2D eigenvalue weighted by Gasteiger charge is -2.13. The Bertz CT molecular complexity index is 537. The van der Waals surface area contributed by atoms with Crippen LogP contribution >= 0.6 is 15.9 Å². The van der Waals surface area contributed by atoms with E-state index < -0.39 is 12.0 Å². The molecule has 1 rings (SSSR count). The zero-order valence-corrected chi connectivity index (χ0v) is 11.8. The molecule has 2 amide bonds. The van der Waals surface area contributed by atoms with Crippen LogP contribution in [0.1, 0.15) is 23.7 Å². The molecule has 0 heterocycles. The zero-order valence-electron chi connectivity index (χ0n) is 10.2. The Morgan fingerprint density at radius 1 is 1.53 bits per heavy atom. The number of halogens is 1. The van der Waals surface area contributed by atoms with E-state index in [1.807, 2.05) is 6.92 Å². The van der Waals surface area contributed by atoms with E-state index in [9.17, 15) is 9.59 Å². The number of carboxylic acids is 1. The van der Waals surface area contributed by atoms with E-state index in [0.29, 0.717) is 16.6 Å². The number of carboxylic acid groups (broad SMARTS) is 1. The number of benzene rings is 1. The second kappa shape index (κ2) is 6.81. The lowest BCUT2D eigenvalue weighted by atomic mass is 10.2. The van der Waals surface area contributed by atoms with E-state index >= 15 is 0 Å². The van der Waals surface area contributed by atoms with E-state index in [2.05, 4.69) is 32.5 Å². The van der Waals surface area contributed by atoms with Crippen molar-refractivity contribution in [2.24, 2.45) is 0 Å². The molecule has 1 atom stereocenters. The first-order valence-electron chi connectivity index (χ1n) is 5.54. The molecule has 1 aromatic rings. The van der Waals surface area contributed by atoms with Gasteiger partial charge >= 0.3 is 12.0 Å². The first-order chi connectivity index (χ1) is 8.97. The summed E-state index contributed by atoms with van der Waals surface area (Å²) in [6, 6.07) is 3.51. The molecule has 100 valence electrons. The molecule has 6 heteroatoms. The van der Waals surface area contributed by atoms with E-state index in [-0.39, 0.29) is 11.6 Å². The number of hydrogen-bond acceptors (Lipinski definition) is 2. The van der Waals surface area contributed by atoms with Gasteiger partial charge in [-0.25, -0.2) is 9.59 Å². The van der Waals surface area contributed by atoms with Crippen LogP contribution in [0.25, 0.3) is 0 Å². The molecule has 0 saturated carbocycles. The molecular formula is C13H13BrN2O3. The Labute approximate surface area is 119 Å². The monoisotopic (exact) mass is 324 g/mol. The molecule has 0 spiro atoms. The number of anilines is 1. The van der Waals surface area contributed by atoms with Crippen molar-refractivity contribution in [3.05, 3.63) is 28.2 Å². The molecule has 3 N–H and O–H groups in total. The summed E-state index contributed by atoms with van der Waals surface area (Å²) in [5, 5.41) is 14.0. The van der Waals surface area contributed by atoms with Crippen LogP contribution in [0.3, 0.4) is 0 Å². The SMILES string of the molecule is C#CC(CC)NC(=O)Nc1cc(C(=O)O)ccc1Br. The molecule has 0 fully saturated rings. The second-order valence-electron chi connectivity index (χ2n) is 3.73. The molecule has 0 aromatic heterocycles. The third-order valence-electron chi connectivity index (χ3n) is 2.38. The van der Waals surface area contributed by atoms with Crippen LogP contribution in [0.2, 0.25) is 0 Å². The van der Waals surface area contributed by atoms with Crippen LogP contribution in [-0.2, 0) is 0 Å². The summed E-state index contributed by atoms with van der Waals surface area (Å²) in [5.41, 5.74) is 0.451. The maximum atomic E-state index is 11.7. The van der Waals surface area contributed by atoms with Crippen molar-refractivity contribution in [1.82, 2.24) is 5.32 Å². The third-order valence-corrected chi connectivity index (χ3v) is 3.07. The maximum Gasteiger partial charge on any atom is 0.335 e. The fraction of sp³-hybridized carbons (Fsp3) is 0.231. The summed E-state index contributed by atoms with van der Waals surface area (Å²) in [5.74, 6) is 1.37. The van der Waals surface area contributed by atoms with Crippen molar-refractivity contribution >= 4 is 33.6 Å². The zero-order chi connectivity index (χ0) is 14.4. The summed E-state index contributed by atoms with van der Waals surface area (Å²) in [4.78, 5) is 22.5. The van der Waals surface area contributed by atoms with E-state index in [1.54, 1.807) is 6.07 Å². The molecule has 0 bridgehead atoms. The van der Waals surface area contributed by atoms with Gasteiger partial charge in [-0.3, -0.25) is 0 Å². The standard InChI is InChI=1S/C13H13BrN2O3/c1-3-9(4-2)15-13(19)16-11-7-8(12(17)18)5-6-10(11)14/h1,5-7,9H,4H2,2H3,(H,17,18)(H2,15,16,19). The molecule has 0 aliphatic carbocycles. The van der Waals surface area contributed by atoms with Crippen molar-refractivity contribution in [2.75, 3.05) is 5.32 Å². The average molecular weight is 325 g/mol. The van der Waals surface area contributed by atoms with Gasteiger partial charge in [0.05, 0.1) is 17.3 Å². The Morgan fingerprint density at radius 3 is 2.74 bits per heavy atom. The highest BCUT2D eigenvalue weighted by molar-refractivity contribution is 9.10. The molecule has 0 saturated heterocycles. The summed E-state index contributed by atoms with van der Waals surface area (Å²) in [6.45, 7) is 1.85. The Balaban J connectivity index is 2.82. The number of urea groups is 1. The van der Waals surface area contributed by atoms with Gasteiger partial charge in [-0.15, -0.1) is 6.42 Å². The minimum absolute atomic E-state index is 0.0856. The highest BCUT2D eigenvalue weighted by Gasteiger charge is 2.11. The fourth-order valence-corrected chi connectivity index (χ4v) is 1.68. The second-order valence-corrected chi connectivity index (χ2v) is 4.58. The minimum atomic E-state index is -1.06. The van der Waals surface area contributed by atoms with Crippen LogP contribution in [0.4, 0.5) is 10.5 Å². The molecule has 0 aliphatic heterocycles. The van der Waals surface area contributed by atoms with Crippen molar-refractivity contribution in [1.29, 1.82) is 0 Å². The minimum Gasteiger partial charge on any atom is -0.478 e. The number of nitrogens with one attached hydrogen (secondary N) is 2. The predicted molar refractivity (Wildman–Crippen MR) is 76.2 cm³/mol. The van der Waals surface area contributed by atoms with Crippen LogP contribution in [0, 0.1) is 12.3 Å². The van der Waals surface area contributed by atoms with Gasteiger partial charge in [0.25, 0.3) is 0 Å². The average Bonchev–Trinajstić information content (AvgIpc) is 2.38. The fourth-order valence-electron chi connectivity index (χ4n) is 1.33. The summed E-state index contributed by atoms with van der Waals surface area (Å²) >= 11 is 3.23. The topological polar surface area (TPSA) is 78.4 Å². The quantitative estimate of drug-likeness (QED) is 0.745. The van der Waals surface area contributed by atoms with Gasteiger partial charge in [0, 0.05) is 4.47 Å². The van der Waals surface area contributed by atoms with Crippen molar-refractivity contribution in [2.45, 2.75) is 19.4 Å². The smallest absolute Gasteiger partial charge is 0.335 e. The molecular weight excluding hydrogens is 312 g/mol. The highest BCUT2D eigenvalue weighted by atomic mass is 79.9. The first kappa shape index (κ1) is 15.1. The molecule has 1 aromatic carbocycles. The number of carbonyl (C=O) groups is 2. The molecule has 0 radical (unpaired) electrons. The lowest BCUT2D eigenvalue weighted by molar-refractivity contribution is 0.0697. The van der Waals surface area contributed by atoms with Gasteiger partial charge < -0.3 is 15.7 Å². The first-order valence-corrected chi connectivity index (χ1v) is 6.33. The Morgan fingerprint density at radius 2 is 2.21 bits per heavy atom. The number of aromatic carboxylic acids is 1. The van der Waals surface area contributed by atoms with Crippen LogP contribution in [0.5, 0.6) is 0 Å². The maximum absolute atomic E-state index is 11.7. The summed E-state index contributed by atoms with van der Waals surface area (Å²) < 4.78 is 0.585. The van der Waals surface area contributed by atoms with Crippen molar-refractivity contribution in [3.8, 4) is 12.3 Å². The van der Waals surface area contributed by atoms with Gasteiger partial charge in [-0.2, -0.15) is 0 Å². The predicted octanol–water partition coefficient (Wildman–Crippen LogP) is 2.68. The molecule has 0 aliphatic rings. The molecule has 5 nitrogen and oxygen atoms in total. The Hall–Kier alpha value is -2.00. The van der Waals surface area contributed by atoms with Crippen LogP contribution in [0.15, 0.2) is 22.7 Å². The summed E-state index contributed by atoms with van der Waals surface area (Å²) in [7, 11) is 0. The van der Waals surface area contributed by atoms with E-state index in [1.165, 1.54) is 12.1 Å². The number of carbonyl (C=O) groups excluding carboxylic acids is 1. The van der Waals surface area contributed by atoms with Gasteiger partial charge in [-0.1, -0.05) is 12.8 Å². The van der Waals surface area contributed by atoms with Crippen molar-refractivity contribution < 1.29 is 14.7 Å². The molecule has 1 unspecified atom stereocenters. The number of terminal acetylenes is 1. The van der Waals surface area contributed by atoms with Gasteiger partial charge in [0.2, 0.25) is 0 Å². The van der Waals surface area contributed by atoms with E-state index in [0.717, 1.165) is 0 Å². The largest absolute Gasteiger partial charge is 0.478 e. The number of amides is 2.